The number of aromatic nitrogens is 1. The molecule has 3 rings (SSSR count). The van der Waals surface area contributed by atoms with Crippen molar-refractivity contribution in [1.82, 2.24) is 15.2 Å². The topological polar surface area (TPSA) is 107 Å². The van der Waals surface area contributed by atoms with Crippen LogP contribution in [0.2, 0.25) is 0 Å². The number of hydrogen-bond acceptors (Lipinski definition) is 5. The van der Waals surface area contributed by atoms with E-state index in [1.807, 2.05) is 6.07 Å². The van der Waals surface area contributed by atoms with E-state index in [0.29, 0.717) is 11.3 Å². The number of fused-ring (bicyclic) bond motifs is 1. The number of pyridine rings is 1. The van der Waals surface area contributed by atoms with Crippen molar-refractivity contribution >= 4 is 17.6 Å². The number of urea groups is 1. The second-order valence-electron chi connectivity index (χ2n) is 6.39. The van der Waals surface area contributed by atoms with Gasteiger partial charge in [0.25, 0.3) is 0 Å². The van der Waals surface area contributed by atoms with Gasteiger partial charge in [0.1, 0.15) is 24.1 Å². The number of carbonyl (C=O) groups excluding carboxylic acids is 2. The zero-order valence-corrected chi connectivity index (χ0v) is 15.6. The van der Waals surface area contributed by atoms with Crippen molar-refractivity contribution in [2.45, 2.75) is 19.5 Å². The molecule has 0 radical (unpaired) electrons. The Morgan fingerprint density at radius 3 is 2.93 bits per heavy atom. The Kier molecular flexibility index (Phi) is 5.59. The third-order valence-corrected chi connectivity index (χ3v) is 4.48. The average molecular weight is 401 g/mol. The molecular formula is C19H17F2N5O3. The number of benzene rings is 1. The number of ether oxygens (including phenoxy) is 1. The van der Waals surface area contributed by atoms with E-state index in [-0.39, 0.29) is 30.0 Å². The SMILES string of the molecule is COc1cc(C#N)ncc1[C@@H](C)NC(=O)CN1Cc2c(ccc(F)c2F)NC1=O. The number of hydrogen-bond donors (Lipinski definition) is 2. The summed E-state index contributed by atoms with van der Waals surface area (Å²) in [6.07, 6.45) is 1.42. The molecule has 0 saturated heterocycles. The van der Waals surface area contributed by atoms with Crippen molar-refractivity contribution in [3.8, 4) is 11.8 Å². The summed E-state index contributed by atoms with van der Waals surface area (Å²) in [6.45, 7) is 1.08. The van der Waals surface area contributed by atoms with E-state index in [9.17, 15) is 18.4 Å². The molecule has 0 aliphatic carbocycles. The van der Waals surface area contributed by atoms with Gasteiger partial charge in [0.2, 0.25) is 5.91 Å². The third kappa shape index (κ3) is 4.08. The lowest BCUT2D eigenvalue weighted by molar-refractivity contribution is -0.122. The standard InChI is InChI=1S/C19H17F2N5O3/c1-10(12-7-23-11(6-22)5-16(12)29-2)24-17(27)9-26-8-13-15(25-19(26)28)4-3-14(20)18(13)21/h3-5,7,10H,8-9H2,1-2H3,(H,24,27)(H,25,28)/t10-/m1/s1. The van der Waals surface area contributed by atoms with Crippen LogP contribution < -0.4 is 15.4 Å². The molecule has 0 fully saturated rings. The highest BCUT2D eigenvalue weighted by Gasteiger charge is 2.28. The maximum Gasteiger partial charge on any atom is 0.322 e. The summed E-state index contributed by atoms with van der Waals surface area (Å²) in [5.41, 5.74) is 0.860. The van der Waals surface area contributed by atoms with Crippen LogP contribution in [-0.4, -0.2) is 35.5 Å². The number of amides is 3. The van der Waals surface area contributed by atoms with Crippen LogP contribution in [0.15, 0.2) is 24.4 Å². The lowest BCUT2D eigenvalue weighted by Crippen LogP contribution is -2.45. The minimum Gasteiger partial charge on any atom is -0.496 e. The van der Waals surface area contributed by atoms with Gasteiger partial charge in [0, 0.05) is 23.4 Å². The Bertz CT molecular complexity index is 1020. The van der Waals surface area contributed by atoms with Crippen LogP contribution >= 0.6 is 0 Å². The van der Waals surface area contributed by atoms with E-state index >= 15 is 0 Å². The first-order valence-corrected chi connectivity index (χ1v) is 8.60. The van der Waals surface area contributed by atoms with Gasteiger partial charge in [-0.3, -0.25) is 4.79 Å². The molecule has 2 aromatic rings. The highest BCUT2D eigenvalue weighted by Crippen LogP contribution is 2.28. The number of methoxy groups -OCH3 is 1. The summed E-state index contributed by atoms with van der Waals surface area (Å²) in [6, 6.07) is 4.42. The van der Waals surface area contributed by atoms with Crippen molar-refractivity contribution < 1.29 is 23.1 Å². The Labute approximate surface area is 165 Å². The van der Waals surface area contributed by atoms with Crippen LogP contribution in [0.4, 0.5) is 19.3 Å². The molecule has 2 N–H and O–H groups in total. The van der Waals surface area contributed by atoms with Gasteiger partial charge in [-0.25, -0.2) is 18.6 Å². The number of carbonyl (C=O) groups is 2. The third-order valence-electron chi connectivity index (χ3n) is 4.48. The van der Waals surface area contributed by atoms with Gasteiger partial charge in [-0.15, -0.1) is 0 Å². The maximum absolute atomic E-state index is 14.0. The summed E-state index contributed by atoms with van der Waals surface area (Å²) >= 11 is 0. The molecule has 1 aliphatic heterocycles. The average Bonchev–Trinajstić information content (AvgIpc) is 2.71. The molecule has 2 heterocycles. The number of rotatable bonds is 5. The van der Waals surface area contributed by atoms with E-state index < -0.39 is 29.6 Å². The monoisotopic (exact) mass is 401 g/mol. The Morgan fingerprint density at radius 1 is 1.48 bits per heavy atom. The zero-order valence-electron chi connectivity index (χ0n) is 15.6. The van der Waals surface area contributed by atoms with Gasteiger partial charge in [-0.05, 0) is 19.1 Å². The van der Waals surface area contributed by atoms with E-state index in [1.165, 1.54) is 25.4 Å². The van der Waals surface area contributed by atoms with E-state index in [1.54, 1.807) is 6.92 Å². The molecule has 1 aromatic heterocycles. The number of halogens is 2. The number of nitrogens with one attached hydrogen (secondary N) is 2. The molecule has 0 unspecified atom stereocenters. The van der Waals surface area contributed by atoms with Crippen LogP contribution in [0, 0.1) is 23.0 Å². The Morgan fingerprint density at radius 2 is 2.24 bits per heavy atom. The minimum absolute atomic E-state index is 0.0246. The summed E-state index contributed by atoms with van der Waals surface area (Å²) < 4.78 is 32.7. The number of anilines is 1. The number of nitrogens with zero attached hydrogens (tertiary/aromatic N) is 3. The largest absolute Gasteiger partial charge is 0.496 e. The van der Waals surface area contributed by atoms with E-state index in [4.69, 9.17) is 10.00 Å². The number of nitriles is 1. The van der Waals surface area contributed by atoms with Crippen LogP contribution in [0.5, 0.6) is 5.75 Å². The Balaban J connectivity index is 1.70. The van der Waals surface area contributed by atoms with Crippen LogP contribution in [0.1, 0.15) is 29.8 Å². The van der Waals surface area contributed by atoms with Crippen LogP contribution in [0.25, 0.3) is 0 Å². The molecular weight excluding hydrogens is 384 g/mol. The van der Waals surface area contributed by atoms with Crippen molar-refractivity contribution in [1.29, 1.82) is 5.26 Å². The minimum atomic E-state index is -1.06. The normalized spacial score (nSPS) is 13.8. The lowest BCUT2D eigenvalue weighted by atomic mass is 10.1. The first-order valence-electron chi connectivity index (χ1n) is 8.60. The first-order chi connectivity index (χ1) is 13.8. The predicted molar refractivity (Wildman–Crippen MR) is 97.8 cm³/mol. The molecule has 1 atom stereocenters. The molecule has 150 valence electrons. The Hall–Kier alpha value is -3.74. The second kappa shape index (κ2) is 8.10. The summed E-state index contributed by atoms with van der Waals surface area (Å²) in [4.78, 5) is 29.6. The van der Waals surface area contributed by atoms with Crippen molar-refractivity contribution in [2.75, 3.05) is 19.0 Å². The quantitative estimate of drug-likeness (QED) is 0.800. The van der Waals surface area contributed by atoms with E-state index in [0.717, 1.165) is 11.0 Å². The second-order valence-corrected chi connectivity index (χ2v) is 6.39. The van der Waals surface area contributed by atoms with Gasteiger partial charge in [-0.2, -0.15) is 5.26 Å². The molecule has 0 saturated carbocycles. The first kappa shape index (κ1) is 20.0. The van der Waals surface area contributed by atoms with Gasteiger partial charge < -0.3 is 20.3 Å². The summed E-state index contributed by atoms with van der Waals surface area (Å²) in [5, 5.41) is 14.0. The molecule has 3 amide bonds. The summed E-state index contributed by atoms with van der Waals surface area (Å²) in [5.74, 6) is -2.22. The summed E-state index contributed by atoms with van der Waals surface area (Å²) in [7, 11) is 1.43. The van der Waals surface area contributed by atoms with Gasteiger partial charge in [-0.1, -0.05) is 0 Å². The molecule has 29 heavy (non-hydrogen) atoms. The van der Waals surface area contributed by atoms with Crippen molar-refractivity contribution in [3.05, 3.63) is 52.9 Å². The fourth-order valence-corrected chi connectivity index (χ4v) is 3.00. The molecule has 1 aliphatic rings. The van der Waals surface area contributed by atoms with E-state index in [2.05, 4.69) is 15.6 Å². The van der Waals surface area contributed by atoms with Gasteiger partial charge in [0.05, 0.1) is 25.4 Å². The maximum atomic E-state index is 14.0. The molecule has 1 aromatic carbocycles. The highest BCUT2D eigenvalue weighted by molar-refractivity contribution is 5.95. The molecule has 0 bridgehead atoms. The van der Waals surface area contributed by atoms with Gasteiger partial charge >= 0.3 is 6.03 Å². The lowest BCUT2D eigenvalue weighted by Gasteiger charge is -2.29. The zero-order chi connectivity index (χ0) is 21.1. The smallest absolute Gasteiger partial charge is 0.322 e. The van der Waals surface area contributed by atoms with Gasteiger partial charge in [0.15, 0.2) is 11.6 Å². The predicted octanol–water partition coefficient (Wildman–Crippen LogP) is 2.46. The molecule has 8 nitrogen and oxygen atoms in total. The van der Waals surface area contributed by atoms with Crippen molar-refractivity contribution in [3.63, 3.8) is 0 Å². The van der Waals surface area contributed by atoms with Crippen molar-refractivity contribution in [2.24, 2.45) is 0 Å². The molecule has 10 heteroatoms. The van der Waals surface area contributed by atoms with Crippen LogP contribution in [0.3, 0.4) is 0 Å². The highest BCUT2D eigenvalue weighted by atomic mass is 19.2. The molecule has 0 spiro atoms. The van der Waals surface area contributed by atoms with Crippen LogP contribution in [-0.2, 0) is 11.3 Å². The fraction of sp³-hybridized carbons (Fsp3) is 0.263. The fourth-order valence-electron chi connectivity index (χ4n) is 3.00.